The summed E-state index contributed by atoms with van der Waals surface area (Å²) in [4.78, 5) is 45.7. The van der Waals surface area contributed by atoms with E-state index in [4.69, 9.17) is 9.47 Å². The van der Waals surface area contributed by atoms with Crippen molar-refractivity contribution in [2.24, 2.45) is 5.92 Å². The Morgan fingerprint density at radius 1 is 0.794 bits per heavy atom. The fourth-order valence-electron chi connectivity index (χ4n) is 3.84. The number of rotatable bonds is 7. The molecule has 0 amide bonds. The first-order valence-electron chi connectivity index (χ1n) is 10.3. The van der Waals surface area contributed by atoms with E-state index in [0.29, 0.717) is 6.42 Å². The van der Waals surface area contributed by atoms with Crippen LogP contribution in [-0.2, 0) is 15.9 Å². The Morgan fingerprint density at radius 2 is 1.32 bits per heavy atom. The Balaban J connectivity index is 1.47. The highest BCUT2D eigenvalue weighted by Crippen LogP contribution is 2.39. The zero-order valence-electron chi connectivity index (χ0n) is 17.7. The van der Waals surface area contributed by atoms with E-state index in [9.17, 15) is 29.8 Å². The first-order valence-corrected chi connectivity index (χ1v) is 10.3. The molecular weight excluding hydrogens is 444 g/mol. The molecule has 3 aromatic carbocycles. The molecule has 0 aliphatic heterocycles. The molecule has 0 N–H and O–H groups in total. The molecular formula is C24H18N2O8. The monoisotopic (exact) mass is 462 g/mol. The van der Waals surface area contributed by atoms with Crippen molar-refractivity contribution in [1.82, 2.24) is 0 Å². The van der Waals surface area contributed by atoms with E-state index in [1.54, 1.807) is 0 Å². The van der Waals surface area contributed by atoms with Crippen LogP contribution >= 0.6 is 0 Å². The predicted octanol–water partition coefficient (Wildman–Crippen LogP) is 4.43. The summed E-state index contributed by atoms with van der Waals surface area (Å²) in [6, 6.07) is 17.6. The number of nitro groups is 2. The third-order valence-corrected chi connectivity index (χ3v) is 5.56. The maximum Gasteiger partial charge on any atom is 0.338 e. The average molecular weight is 462 g/mol. The number of nitrogens with zero attached hydrogens (tertiary/aromatic N) is 2. The van der Waals surface area contributed by atoms with E-state index < -0.39 is 27.9 Å². The Morgan fingerprint density at radius 3 is 1.88 bits per heavy atom. The van der Waals surface area contributed by atoms with Crippen molar-refractivity contribution in [3.63, 3.8) is 0 Å². The lowest BCUT2D eigenvalue weighted by molar-refractivity contribution is -0.385. The largest absolute Gasteiger partial charge is 0.462 e. The number of hydrogen-bond donors (Lipinski definition) is 0. The minimum absolute atomic E-state index is 0.0390. The van der Waals surface area contributed by atoms with Crippen molar-refractivity contribution in [2.75, 3.05) is 6.61 Å². The first kappa shape index (κ1) is 22.6. The normalized spacial score (nSPS) is 16.4. The smallest absolute Gasteiger partial charge is 0.338 e. The molecule has 1 aliphatic carbocycles. The molecule has 0 saturated heterocycles. The lowest BCUT2D eigenvalue weighted by Gasteiger charge is -2.21. The Hall–Kier alpha value is -4.60. The quantitative estimate of drug-likeness (QED) is 0.285. The molecule has 0 heterocycles. The number of nitro benzene ring substituents is 2. The van der Waals surface area contributed by atoms with Gasteiger partial charge in [0.1, 0.15) is 6.10 Å². The second-order valence-corrected chi connectivity index (χ2v) is 7.70. The highest BCUT2D eigenvalue weighted by atomic mass is 16.6. The van der Waals surface area contributed by atoms with Gasteiger partial charge in [-0.2, -0.15) is 0 Å². The van der Waals surface area contributed by atoms with Crippen molar-refractivity contribution in [1.29, 1.82) is 0 Å². The lowest BCUT2D eigenvalue weighted by Crippen LogP contribution is -2.22. The van der Waals surface area contributed by atoms with Crippen LogP contribution in [0.4, 0.5) is 11.4 Å². The molecule has 0 saturated carbocycles. The second kappa shape index (κ2) is 9.49. The Kier molecular flexibility index (Phi) is 6.30. The minimum Gasteiger partial charge on any atom is -0.462 e. The maximum absolute atomic E-state index is 12.7. The average Bonchev–Trinajstić information content (AvgIpc) is 3.19. The van der Waals surface area contributed by atoms with Crippen LogP contribution in [0.2, 0.25) is 0 Å². The molecule has 3 aromatic rings. The lowest BCUT2D eigenvalue weighted by atomic mass is 10.0. The summed E-state index contributed by atoms with van der Waals surface area (Å²) in [6.07, 6.45) is -0.161. The van der Waals surface area contributed by atoms with Crippen LogP contribution in [0.3, 0.4) is 0 Å². The van der Waals surface area contributed by atoms with Crippen LogP contribution in [0.25, 0.3) is 0 Å². The summed E-state index contributed by atoms with van der Waals surface area (Å²) >= 11 is 0. The molecule has 10 nitrogen and oxygen atoms in total. The van der Waals surface area contributed by atoms with E-state index in [1.165, 1.54) is 48.5 Å². The fraction of sp³-hybridized carbons (Fsp3) is 0.167. The number of fused-ring (bicyclic) bond motifs is 1. The summed E-state index contributed by atoms with van der Waals surface area (Å²) in [5.74, 6) is -1.64. The number of ether oxygens (including phenoxy) is 2. The standard InChI is InChI=1S/C24H18N2O8/c27-23(15-5-9-19(10-6-15)25(29)30)33-14-18-13-17-3-1-2-4-21(17)22(18)34-24(28)16-7-11-20(12-8-16)26(31)32/h1-12,18,22H,13-14H2/t18-,22+/m1/s1. The van der Waals surface area contributed by atoms with Gasteiger partial charge in [-0.1, -0.05) is 24.3 Å². The molecule has 2 atom stereocenters. The van der Waals surface area contributed by atoms with Gasteiger partial charge in [-0.15, -0.1) is 0 Å². The molecule has 0 radical (unpaired) electrons. The topological polar surface area (TPSA) is 139 Å². The van der Waals surface area contributed by atoms with Crippen molar-refractivity contribution < 1.29 is 28.9 Å². The van der Waals surface area contributed by atoms with E-state index in [-0.39, 0.29) is 35.0 Å². The van der Waals surface area contributed by atoms with Crippen molar-refractivity contribution in [3.8, 4) is 0 Å². The molecule has 0 aromatic heterocycles. The molecule has 172 valence electrons. The SMILES string of the molecule is O=C(OC[C@H]1Cc2ccccc2[C@H]1OC(=O)c1ccc([N+](=O)[O-])cc1)c1ccc([N+](=O)[O-])cc1. The van der Waals surface area contributed by atoms with E-state index in [2.05, 4.69) is 0 Å². The van der Waals surface area contributed by atoms with Gasteiger partial charge in [0.25, 0.3) is 11.4 Å². The van der Waals surface area contributed by atoms with Crippen molar-refractivity contribution >= 4 is 23.3 Å². The summed E-state index contributed by atoms with van der Waals surface area (Å²) < 4.78 is 11.2. The van der Waals surface area contributed by atoms with Crippen LogP contribution in [0.15, 0.2) is 72.8 Å². The number of non-ortho nitro benzene ring substituents is 2. The number of carbonyl (C=O) groups excluding carboxylic acids is 2. The van der Waals surface area contributed by atoms with Gasteiger partial charge < -0.3 is 9.47 Å². The molecule has 4 rings (SSSR count). The Labute approximate surface area is 193 Å². The van der Waals surface area contributed by atoms with Crippen molar-refractivity contribution in [3.05, 3.63) is 115 Å². The third-order valence-electron chi connectivity index (χ3n) is 5.56. The van der Waals surface area contributed by atoms with E-state index >= 15 is 0 Å². The third kappa shape index (κ3) is 4.75. The van der Waals surface area contributed by atoms with Crippen molar-refractivity contribution in [2.45, 2.75) is 12.5 Å². The van der Waals surface area contributed by atoms with Crippen LogP contribution < -0.4 is 0 Å². The van der Waals surface area contributed by atoms with Gasteiger partial charge in [-0.05, 0) is 41.8 Å². The van der Waals surface area contributed by atoms with Crippen LogP contribution in [0, 0.1) is 26.1 Å². The molecule has 0 bridgehead atoms. The molecule has 1 aliphatic rings. The number of hydrogen-bond acceptors (Lipinski definition) is 8. The van der Waals surface area contributed by atoms with E-state index in [0.717, 1.165) is 11.1 Å². The number of carbonyl (C=O) groups is 2. The van der Waals surface area contributed by atoms with Crippen LogP contribution in [0.1, 0.15) is 37.9 Å². The Bertz CT molecular complexity index is 1250. The summed E-state index contributed by atoms with van der Waals surface area (Å²) in [7, 11) is 0. The van der Waals surface area contributed by atoms with Gasteiger partial charge >= 0.3 is 11.9 Å². The predicted molar refractivity (Wildman–Crippen MR) is 118 cm³/mol. The van der Waals surface area contributed by atoms with Gasteiger partial charge in [0.15, 0.2) is 0 Å². The summed E-state index contributed by atoms with van der Waals surface area (Å²) in [5.41, 5.74) is 1.81. The fourth-order valence-corrected chi connectivity index (χ4v) is 3.84. The van der Waals surface area contributed by atoms with E-state index in [1.807, 2.05) is 24.3 Å². The highest BCUT2D eigenvalue weighted by molar-refractivity contribution is 5.90. The first-order chi connectivity index (χ1) is 16.3. The molecule has 0 fully saturated rings. The van der Waals surface area contributed by atoms with Crippen LogP contribution in [0.5, 0.6) is 0 Å². The molecule has 0 spiro atoms. The summed E-state index contributed by atoms with van der Waals surface area (Å²) in [5, 5.41) is 21.6. The number of esters is 2. The van der Waals surface area contributed by atoms with Gasteiger partial charge in [-0.3, -0.25) is 20.2 Å². The molecule has 34 heavy (non-hydrogen) atoms. The number of benzene rings is 3. The minimum atomic E-state index is -0.677. The zero-order chi connectivity index (χ0) is 24.2. The maximum atomic E-state index is 12.7. The molecule has 0 unspecified atom stereocenters. The van der Waals surface area contributed by atoms with Gasteiger partial charge in [0, 0.05) is 30.2 Å². The molecule has 10 heteroatoms. The van der Waals surface area contributed by atoms with Gasteiger partial charge in [-0.25, -0.2) is 9.59 Å². The van der Waals surface area contributed by atoms with Gasteiger partial charge in [0.05, 0.1) is 27.6 Å². The van der Waals surface area contributed by atoms with Gasteiger partial charge in [0.2, 0.25) is 0 Å². The zero-order valence-corrected chi connectivity index (χ0v) is 17.7. The van der Waals surface area contributed by atoms with Crippen LogP contribution in [-0.4, -0.2) is 28.4 Å². The second-order valence-electron chi connectivity index (χ2n) is 7.70. The highest BCUT2D eigenvalue weighted by Gasteiger charge is 2.36. The summed E-state index contributed by atoms with van der Waals surface area (Å²) in [6.45, 7) is -0.0390.